The van der Waals surface area contributed by atoms with E-state index in [0.717, 1.165) is 31.5 Å². The van der Waals surface area contributed by atoms with Crippen LogP contribution >= 0.6 is 0 Å². The summed E-state index contributed by atoms with van der Waals surface area (Å²) >= 11 is 0. The molecule has 2 rings (SSSR count). The Morgan fingerprint density at radius 1 is 1.21 bits per heavy atom. The largest absolute Gasteiger partial charge is 0.351 e. The number of benzene rings is 1. The standard InChI is InChI=1S/C18H28N4O2/c1-13(2)16(22-9-4-3-5-10-22)17(23)20-12-14-7-6-8-15(11-14)21-18(19)24/h6-8,11,13,16H,3-5,9-10,12H2,1-2H3,(H,20,23)(H3,19,21,24). The van der Waals surface area contributed by atoms with Crippen molar-refractivity contribution in [3.05, 3.63) is 29.8 Å². The van der Waals surface area contributed by atoms with Gasteiger partial charge < -0.3 is 16.4 Å². The van der Waals surface area contributed by atoms with Crippen molar-refractivity contribution in [2.75, 3.05) is 18.4 Å². The van der Waals surface area contributed by atoms with Crippen LogP contribution in [0.2, 0.25) is 0 Å². The molecule has 1 aliphatic rings. The maximum absolute atomic E-state index is 12.7. The van der Waals surface area contributed by atoms with Crippen molar-refractivity contribution in [3.8, 4) is 0 Å². The van der Waals surface area contributed by atoms with E-state index in [9.17, 15) is 9.59 Å². The van der Waals surface area contributed by atoms with Crippen molar-refractivity contribution in [2.45, 2.75) is 45.7 Å². The van der Waals surface area contributed by atoms with Gasteiger partial charge in [-0.3, -0.25) is 9.69 Å². The summed E-state index contributed by atoms with van der Waals surface area (Å²) in [6, 6.07) is 6.64. The number of amides is 3. The van der Waals surface area contributed by atoms with Crippen LogP contribution in [0, 0.1) is 5.92 Å². The molecule has 1 atom stereocenters. The zero-order chi connectivity index (χ0) is 17.5. The number of hydrogen-bond donors (Lipinski definition) is 3. The number of nitrogens with two attached hydrogens (primary N) is 1. The highest BCUT2D eigenvalue weighted by Gasteiger charge is 2.29. The molecular weight excluding hydrogens is 304 g/mol. The molecule has 24 heavy (non-hydrogen) atoms. The summed E-state index contributed by atoms with van der Waals surface area (Å²) in [6.07, 6.45) is 3.58. The van der Waals surface area contributed by atoms with Crippen molar-refractivity contribution in [2.24, 2.45) is 11.7 Å². The van der Waals surface area contributed by atoms with Crippen LogP contribution in [0.25, 0.3) is 0 Å². The lowest BCUT2D eigenvalue weighted by molar-refractivity contribution is -0.128. The van der Waals surface area contributed by atoms with Crippen molar-refractivity contribution < 1.29 is 9.59 Å². The number of anilines is 1. The highest BCUT2D eigenvalue weighted by Crippen LogP contribution is 2.18. The third kappa shape index (κ3) is 5.23. The number of likely N-dealkylation sites (tertiary alicyclic amines) is 1. The molecule has 6 nitrogen and oxygen atoms in total. The molecule has 1 aromatic carbocycles. The summed E-state index contributed by atoms with van der Waals surface area (Å²) in [4.78, 5) is 25.9. The molecule has 1 aromatic rings. The Labute approximate surface area is 143 Å². The van der Waals surface area contributed by atoms with E-state index in [4.69, 9.17) is 5.73 Å². The van der Waals surface area contributed by atoms with Crippen LogP contribution in [0.1, 0.15) is 38.7 Å². The number of nitrogens with zero attached hydrogens (tertiary/aromatic N) is 1. The summed E-state index contributed by atoms with van der Waals surface area (Å²) in [5.41, 5.74) is 6.68. The average Bonchev–Trinajstić information content (AvgIpc) is 2.53. The first-order valence-corrected chi connectivity index (χ1v) is 8.64. The van der Waals surface area contributed by atoms with Gasteiger partial charge in [-0.1, -0.05) is 32.4 Å². The number of primary amides is 1. The minimum atomic E-state index is -0.596. The molecule has 1 fully saturated rings. The summed E-state index contributed by atoms with van der Waals surface area (Å²) in [5, 5.41) is 5.58. The minimum Gasteiger partial charge on any atom is -0.351 e. The lowest BCUT2D eigenvalue weighted by atomic mass is 9.98. The number of nitrogens with one attached hydrogen (secondary N) is 2. The maximum Gasteiger partial charge on any atom is 0.316 e. The van der Waals surface area contributed by atoms with E-state index in [1.54, 1.807) is 6.07 Å². The van der Waals surface area contributed by atoms with Gasteiger partial charge in [0.15, 0.2) is 0 Å². The van der Waals surface area contributed by atoms with Crippen molar-refractivity contribution >= 4 is 17.6 Å². The highest BCUT2D eigenvalue weighted by atomic mass is 16.2. The number of urea groups is 1. The van der Waals surface area contributed by atoms with Gasteiger partial charge in [0, 0.05) is 12.2 Å². The normalized spacial score (nSPS) is 16.6. The van der Waals surface area contributed by atoms with Crippen LogP contribution in [-0.4, -0.2) is 36.0 Å². The number of hydrogen-bond acceptors (Lipinski definition) is 3. The van der Waals surface area contributed by atoms with Gasteiger partial charge in [0.25, 0.3) is 0 Å². The zero-order valence-electron chi connectivity index (χ0n) is 14.5. The van der Waals surface area contributed by atoms with Crippen molar-refractivity contribution in [1.29, 1.82) is 0 Å². The molecule has 1 heterocycles. The summed E-state index contributed by atoms with van der Waals surface area (Å²) in [6.45, 7) is 6.61. The summed E-state index contributed by atoms with van der Waals surface area (Å²) in [5.74, 6) is 0.339. The molecule has 3 amide bonds. The molecule has 4 N–H and O–H groups in total. The molecule has 132 valence electrons. The Bertz CT molecular complexity index is 568. The van der Waals surface area contributed by atoms with Gasteiger partial charge >= 0.3 is 6.03 Å². The molecule has 1 saturated heterocycles. The first-order valence-electron chi connectivity index (χ1n) is 8.64. The molecule has 1 unspecified atom stereocenters. The van der Waals surface area contributed by atoms with Gasteiger partial charge in [0.05, 0.1) is 6.04 Å². The number of piperidine rings is 1. The first-order chi connectivity index (χ1) is 11.5. The zero-order valence-corrected chi connectivity index (χ0v) is 14.5. The topological polar surface area (TPSA) is 87.5 Å². The number of carbonyl (C=O) groups is 2. The Hall–Kier alpha value is -2.08. The monoisotopic (exact) mass is 332 g/mol. The molecule has 0 spiro atoms. The average molecular weight is 332 g/mol. The fraction of sp³-hybridized carbons (Fsp3) is 0.556. The fourth-order valence-corrected chi connectivity index (χ4v) is 3.28. The Morgan fingerprint density at radius 3 is 2.54 bits per heavy atom. The lowest BCUT2D eigenvalue weighted by Gasteiger charge is -2.35. The quantitative estimate of drug-likeness (QED) is 0.747. The van der Waals surface area contributed by atoms with Gasteiger partial charge in [-0.15, -0.1) is 0 Å². The second-order valence-electron chi connectivity index (χ2n) is 6.69. The Balaban J connectivity index is 1.96. The molecule has 0 bridgehead atoms. The van der Waals surface area contributed by atoms with Gasteiger partial charge in [-0.25, -0.2) is 4.79 Å². The van der Waals surface area contributed by atoms with E-state index in [2.05, 4.69) is 29.4 Å². The molecule has 0 aliphatic carbocycles. The smallest absolute Gasteiger partial charge is 0.316 e. The molecule has 0 radical (unpaired) electrons. The molecular formula is C18H28N4O2. The third-order valence-corrected chi connectivity index (χ3v) is 4.35. The van der Waals surface area contributed by atoms with E-state index in [0.29, 0.717) is 12.2 Å². The summed E-state index contributed by atoms with van der Waals surface area (Å²) < 4.78 is 0. The Morgan fingerprint density at radius 2 is 1.92 bits per heavy atom. The summed E-state index contributed by atoms with van der Waals surface area (Å²) in [7, 11) is 0. The van der Waals surface area contributed by atoms with Gasteiger partial charge in [0.2, 0.25) is 5.91 Å². The van der Waals surface area contributed by atoms with Gasteiger partial charge in [0.1, 0.15) is 0 Å². The first kappa shape index (κ1) is 18.3. The van der Waals surface area contributed by atoms with Gasteiger partial charge in [-0.05, 0) is 49.5 Å². The van der Waals surface area contributed by atoms with Crippen LogP contribution in [0.5, 0.6) is 0 Å². The minimum absolute atomic E-state index is 0.0696. The van der Waals surface area contributed by atoms with E-state index in [1.807, 2.05) is 18.2 Å². The fourth-order valence-electron chi connectivity index (χ4n) is 3.28. The van der Waals surface area contributed by atoms with Crippen LogP contribution in [0.3, 0.4) is 0 Å². The maximum atomic E-state index is 12.7. The van der Waals surface area contributed by atoms with Crippen LogP contribution in [0.4, 0.5) is 10.5 Å². The predicted molar refractivity (Wildman–Crippen MR) is 95.5 cm³/mol. The highest BCUT2D eigenvalue weighted by molar-refractivity contribution is 5.87. The molecule has 1 aliphatic heterocycles. The van der Waals surface area contributed by atoms with E-state index in [1.165, 1.54) is 6.42 Å². The third-order valence-electron chi connectivity index (χ3n) is 4.35. The van der Waals surface area contributed by atoms with E-state index < -0.39 is 6.03 Å². The second-order valence-corrected chi connectivity index (χ2v) is 6.69. The number of carbonyl (C=O) groups excluding carboxylic acids is 2. The van der Waals surface area contributed by atoms with Crippen LogP contribution in [0.15, 0.2) is 24.3 Å². The second kappa shape index (κ2) is 8.68. The van der Waals surface area contributed by atoms with E-state index in [-0.39, 0.29) is 17.9 Å². The molecule has 0 aromatic heterocycles. The number of rotatable bonds is 6. The Kier molecular flexibility index (Phi) is 6.61. The molecule has 6 heteroatoms. The van der Waals surface area contributed by atoms with E-state index >= 15 is 0 Å². The van der Waals surface area contributed by atoms with Crippen molar-refractivity contribution in [1.82, 2.24) is 10.2 Å². The predicted octanol–water partition coefficient (Wildman–Crippen LogP) is 2.30. The van der Waals surface area contributed by atoms with Crippen LogP contribution < -0.4 is 16.4 Å². The van der Waals surface area contributed by atoms with Crippen molar-refractivity contribution in [3.63, 3.8) is 0 Å². The van der Waals surface area contributed by atoms with Gasteiger partial charge in [-0.2, -0.15) is 0 Å². The molecule has 0 saturated carbocycles. The SMILES string of the molecule is CC(C)C(C(=O)NCc1cccc(NC(N)=O)c1)N1CCCCC1. The lowest BCUT2D eigenvalue weighted by Crippen LogP contribution is -2.51. The van der Waals surface area contributed by atoms with Crippen LogP contribution in [-0.2, 0) is 11.3 Å².